The van der Waals surface area contributed by atoms with Crippen LogP contribution < -0.4 is 0 Å². The number of hydrogen-bond acceptors (Lipinski definition) is 0. The lowest BCUT2D eigenvalue weighted by atomic mass is 9.93. The van der Waals surface area contributed by atoms with Crippen LogP contribution in [0.5, 0.6) is 0 Å². The van der Waals surface area contributed by atoms with Gasteiger partial charge < -0.3 is 0 Å². The molecule has 0 fully saturated rings. The van der Waals surface area contributed by atoms with E-state index >= 15 is 0 Å². The van der Waals surface area contributed by atoms with Crippen LogP contribution in [0.3, 0.4) is 0 Å². The van der Waals surface area contributed by atoms with Crippen LogP contribution in [0.25, 0.3) is 6.08 Å². The maximum Gasteiger partial charge on any atom is -0.0216 e. The Kier molecular flexibility index (Phi) is 4.12. The van der Waals surface area contributed by atoms with Crippen molar-refractivity contribution in [1.82, 2.24) is 0 Å². The molecular formula is C16H22. The van der Waals surface area contributed by atoms with Gasteiger partial charge in [-0.05, 0) is 49.0 Å². The molecule has 0 amide bonds. The van der Waals surface area contributed by atoms with Crippen molar-refractivity contribution in [3.63, 3.8) is 0 Å². The predicted octanol–water partition coefficient (Wildman–Crippen LogP) is 4.92. The van der Waals surface area contributed by atoms with E-state index in [4.69, 9.17) is 0 Å². The molecule has 0 N–H and O–H groups in total. The fourth-order valence-electron chi connectivity index (χ4n) is 1.88. The van der Waals surface area contributed by atoms with Crippen molar-refractivity contribution < 1.29 is 0 Å². The van der Waals surface area contributed by atoms with Gasteiger partial charge in [-0.1, -0.05) is 50.3 Å². The number of hydrogen-bond donors (Lipinski definition) is 0. The van der Waals surface area contributed by atoms with E-state index in [0.29, 0.717) is 5.92 Å². The average molecular weight is 214 g/mol. The van der Waals surface area contributed by atoms with Gasteiger partial charge in [-0.3, -0.25) is 0 Å². The van der Waals surface area contributed by atoms with Crippen LogP contribution in [0.1, 0.15) is 37.5 Å². The Labute approximate surface area is 99.7 Å². The summed E-state index contributed by atoms with van der Waals surface area (Å²) < 4.78 is 0. The quantitative estimate of drug-likeness (QED) is 0.626. The van der Waals surface area contributed by atoms with E-state index in [1.54, 1.807) is 0 Å². The van der Waals surface area contributed by atoms with Crippen molar-refractivity contribution in [2.75, 3.05) is 0 Å². The minimum absolute atomic E-state index is 0.525. The minimum atomic E-state index is 0.525. The zero-order valence-electron chi connectivity index (χ0n) is 11.1. The van der Waals surface area contributed by atoms with Gasteiger partial charge >= 0.3 is 0 Å². The first kappa shape index (κ1) is 12.8. The second-order valence-electron chi connectivity index (χ2n) is 4.82. The van der Waals surface area contributed by atoms with Gasteiger partial charge in [0.2, 0.25) is 0 Å². The number of benzene rings is 1. The van der Waals surface area contributed by atoms with Crippen LogP contribution in [-0.2, 0) is 0 Å². The normalized spacial score (nSPS) is 12.0. The van der Waals surface area contributed by atoms with E-state index in [2.05, 4.69) is 65.5 Å². The lowest BCUT2D eigenvalue weighted by molar-refractivity contribution is 0.784. The molecule has 0 radical (unpaired) electrons. The number of rotatable bonds is 3. The third-order valence-electron chi connectivity index (χ3n) is 3.07. The molecule has 0 bridgehead atoms. The van der Waals surface area contributed by atoms with Crippen molar-refractivity contribution in [2.45, 2.75) is 34.6 Å². The third kappa shape index (κ3) is 2.85. The van der Waals surface area contributed by atoms with E-state index < -0.39 is 0 Å². The molecule has 0 spiro atoms. The topological polar surface area (TPSA) is 0 Å². The highest BCUT2D eigenvalue weighted by Crippen LogP contribution is 2.23. The largest absolute Gasteiger partial charge is 0.0958 e. The molecule has 0 saturated heterocycles. The summed E-state index contributed by atoms with van der Waals surface area (Å²) in [5.74, 6) is 0.525. The van der Waals surface area contributed by atoms with Crippen molar-refractivity contribution >= 4 is 6.08 Å². The van der Waals surface area contributed by atoms with Gasteiger partial charge in [0.25, 0.3) is 0 Å². The summed E-state index contributed by atoms with van der Waals surface area (Å²) in [5.41, 5.74) is 6.52. The zero-order chi connectivity index (χ0) is 12.3. The second kappa shape index (κ2) is 5.16. The SMILES string of the molecule is C=C(C)/C(=C/c1cccc(C)c1C)C(C)C. The lowest BCUT2D eigenvalue weighted by Gasteiger charge is -2.13. The predicted molar refractivity (Wildman–Crippen MR) is 73.5 cm³/mol. The summed E-state index contributed by atoms with van der Waals surface area (Å²) >= 11 is 0. The molecule has 0 atom stereocenters. The first-order valence-electron chi connectivity index (χ1n) is 5.87. The molecular weight excluding hydrogens is 192 g/mol. The number of allylic oxidation sites excluding steroid dienone is 2. The van der Waals surface area contributed by atoms with Crippen molar-refractivity contribution in [3.8, 4) is 0 Å². The summed E-state index contributed by atoms with van der Waals surface area (Å²) in [4.78, 5) is 0. The molecule has 86 valence electrons. The second-order valence-corrected chi connectivity index (χ2v) is 4.82. The Morgan fingerprint density at radius 2 is 1.88 bits per heavy atom. The molecule has 0 unspecified atom stereocenters. The Morgan fingerprint density at radius 3 is 2.38 bits per heavy atom. The molecule has 16 heavy (non-hydrogen) atoms. The van der Waals surface area contributed by atoms with Crippen LogP contribution in [0, 0.1) is 19.8 Å². The molecule has 0 nitrogen and oxygen atoms in total. The average Bonchev–Trinajstić information content (AvgIpc) is 2.19. The third-order valence-corrected chi connectivity index (χ3v) is 3.07. The first-order chi connectivity index (χ1) is 7.43. The summed E-state index contributed by atoms with van der Waals surface area (Å²) in [7, 11) is 0. The zero-order valence-corrected chi connectivity index (χ0v) is 11.1. The molecule has 0 aliphatic carbocycles. The smallest absolute Gasteiger partial charge is 0.0216 e. The Morgan fingerprint density at radius 1 is 1.25 bits per heavy atom. The highest BCUT2D eigenvalue weighted by molar-refractivity contribution is 5.62. The van der Waals surface area contributed by atoms with Crippen LogP contribution >= 0.6 is 0 Å². The van der Waals surface area contributed by atoms with Crippen LogP contribution in [-0.4, -0.2) is 0 Å². The Bertz CT molecular complexity index is 420. The summed E-state index contributed by atoms with van der Waals surface area (Å²) in [6, 6.07) is 6.45. The van der Waals surface area contributed by atoms with E-state index in [1.807, 2.05) is 0 Å². The van der Waals surface area contributed by atoms with Crippen molar-refractivity contribution in [2.24, 2.45) is 5.92 Å². The van der Waals surface area contributed by atoms with Gasteiger partial charge in [-0.15, -0.1) is 0 Å². The molecule has 0 aliphatic heterocycles. The van der Waals surface area contributed by atoms with Crippen molar-refractivity contribution in [3.05, 3.63) is 52.6 Å². The summed E-state index contributed by atoms with van der Waals surface area (Å²) in [5, 5.41) is 0. The van der Waals surface area contributed by atoms with E-state index in [9.17, 15) is 0 Å². The van der Waals surface area contributed by atoms with Gasteiger partial charge in [0.1, 0.15) is 0 Å². The van der Waals surface area contributed by atoms with Gasteiger partial charge in [0, 0.05) is 0 Å². The molecule has 1 aromatic carbocycles. The molecule has 1 aromatic rings. The van der Waals surface area contributed by atoms with E-state index in [-0.39, 0.29) is 0 Å². The molecule has 0 heterocycles. The standard InChI is InChI=1S/C16H22/c1-11(2)16(12(3)4)10-15-9-7-8-13(5)14(15)6/h7-10,12H,1H2,2-6H3/b16-10-. The monoisotopic (exact) mass is 214 g/mol. The molecule has 1 rings (SSSR count). The maximum absolute atomic E-state index is 4.06. The van der Waals surface area contributed by atoms with Gasteiger partial charge in [0.05, 0.1) is 0 Å². The van der Waals surface area contributed by atoms with E-state index in [1.165, 1.54) is 22.3 Å². The van der Waals surface area contributed by atoms with Gasteiger partial charge in [-0.2, -0.15) is 0 Å². The van der Waals surface area contributed by atoms with Gasteiger partial charge in [0.15, 0.2) is 0 Å². The van der Waals surface area contributed by atoms with E-state index in [0.717, 1.165) is 5.57 Å². The van der Waals surface area contributed by atoms with Crippen LogP contribution in [0.15, 0.2) is 35.9 Å². The van der Waals surface area contributed by atoms with Crippen molar-refractivity contribution in [1.29, 1.82) is 0 Å². The molecule has 0 saturated carbocycles. The maximum atomic E-state index is 4.06. The summed E-state index contributed by atoms with van der Waals surface area (Å²) in [6.07, 6.45) is 2.27. The fraction of sp³-hybridized carbons (Fsp3) is 0.375. The summed E-state index contributed by atoms with van der Waals surface area (Å²) in [6.45, 7) is 14.9. The lowest BCUT2D eigenvalue weighted by Crippen LogP contribution is -1.96. The highest BCUT2D eigenvalue weighted by Gasteiger charge is 2.05. The fourth-order valence-corrected chi connectivity index (χ4v) is 1.88. The van der Waals surface area contributed by atoms with Crippen LogP contribution in [0.4, 0.5) is 0 Å². The molecule has 0 aromatic heterocycles. The first-order valence-corrected chi connectivity index (χ1v) is 5.87. The van der Waals surface area contributed by atoms with Crippen LogP contribution in [0.2, 0.25) is 0 Å². The molecule has 0 heteroatoms. The Balaban J connectivity index is 3.23. The highest BCUT2D eigenvalue weighted by atomic mass is 14.1. The van der Waals surface area contributed by atoms with Gasteiger partial charge in [-0.25, -0.2) is 0 Å². The number of aryl methyl sites for hydroxylation is 1. The minimum Gasteiger partial charge on any atom is -0.0958 e. The Hall–Kier alpha value is -1.30. The molecule has 0 aliphatic rings.